The molecule has 0 aromatic heterocycles. The van der Waals surface area contributed by atoms with Crippen LogP contribution in [-0.2, 0) is 16.0 Å². The summed E-state index contributed by atoms with van der Waals surface area (Å²) in [6.07, 6.45) is 3.86. The molecule has 3 aromatic rings. The van der Waals surface area contributed by atoms with E-state index in [9.17, 15) is 9.59 Å². The molecule has 0 unspecified atom stereocenters. The number of hydrogen-bond acceptors (Lipinski definition) is 9. The normalized spacial score (nSPS) is 14.1. The summed E-state index contributed by atoms with van der Waals surface area (Å²) in [5, 5.41) is 0. The zero-order chi connectivity index (χ0) is 30.2. The molecule has 0 aliphatic carbocycles. The summed E-state index contributed by atoms with van der Waals surface area (Å²) in [6.45, 7) is 0.639. The van der Waals surface area contributed by atoms with Crippen molar-refractivity contribution in [2.45, 2.75) is 12.5 Å². The topological polar surface area (TPSA) is 102 Å². The number of ether oxygens (including phenoxy) is 7. The van der Waals surface area contributed by atoms with Crippen molar-refractivity contribution < 1.29 is 42.7 Å². The van der Waals surface area contributed by atoms with Gasteiger partial charge in [0.2, 0.25) is 11.7 Å². The van der Waals surface area contributed by atoms with Crippen molar-refractivity contribution in [2.24, 2.45) is 0 Å². The lowest BCUT2D eigenvalue weighted by atomic mass is 9.92. The van der Waals surface area contributed by atoms with E-state index in [0.29, 0.717) is 58.6 Å². The summed E-state index contributed by atoms with van der Waals surface area (Å²) >= 11 is 0. The second kappa shape index (κ2) is 13.7. The van der Waals surface area contributed by atoms with Crippen LogP contribution in [0.3, 0.4) is 0 Å². The fourth-order valence-electron chi connectivity index (χ4n) is 4.91. The number of amides is 1. The summed E-state index contributed by atoms with van der Waals surface area (Å²) < 4.78 is 38.3. The molecule has 1 amide bonds. The molecule has 0 spiro atoms. The number of nitrogens with zero attached hydrogens (tertiary/aromatic N) is 1. The predicted molar refractivity (Wildman–Crippen MR) is 156 cm³/mol. The molecule has 10 nitrogen and oxygen atoms in total. The van der Waals surface area contributed by atoms with Crippen LogP contribution in [-0.4, -0.2) is 72.6 Å². The van der Waals surface area contributed by atoms with E-state index in [2.05, 4.69) is 0 Å². The zero-order valence-corrected chi connectivity index (χ0v) is 24.6. The van der Waals surface area contributed by atoms with Crippen LogP contribution in [0.25, 0.3) is 6.08 Å². The van der Waals surface area contributed by atoms with Gasteiger partial charge in [-0.05, 0) is 77.7 Å². The number of carbonyl (C=O) groups is 2. The quantitative estimate of drug-likeness (QED) is 0.236. The minimum absolute atomic E-state index is 0.170. The molecular weight excluding hydrogens is 542 g/mol. The van der Waals surface area contributed by atoms with Crippen LogP contribution < -0.4 is 28.4 Å². The molecule has 0 bridgehead atoms. The molecule has 0 fully saturated rings. The standard InChI is InChI=1S/C32H35NO9/c1-36-26-17-22-13-14-33(30(34)12-7-20-15-28(38-3)31(40-5)29(16-20)39-4)25(24(22)18-27(26)37-2)19-42-23-10-8-21(9-11-23)32(35)41-6/h7-12,15-18,25H,13-14,19H2,1-6H3/b12-7+/t25-/m0/s1. The maximum Gasteiger partial charge on any atom is 0.337 e. The number of methoxy groups -OCH3 is 6. The van der Waals surface area contributed by atoms with Gasteiger partial charge in [0.25, 0.3) is 0 Å². The number of esters is 1. The van der Waals surface area contributed by atoms with Gasteiger partial charge in [-0.25, -0.2) is 4.79 Å². The first-order valence-electron chi connectivity index (χ1n) is 13.2. The third kappa shape index (κ3) is 6.38. The van der Waals surface area contributed by atoms with Crippen molar-refractivity contribution in [1.29, 1.82) is 0 Å². The summed E-state index contributed by atoms with van der Waals surface area (Å²) in [5.74, 6) is 2.55. The summed E-state index contributed by atoms with van der Waals surface area (Å²) in [6, 6.07) is 13.6. The van der Waals surface area contributed by atoms with Gasteiger partial charge in [0.05, 0.1) is 54.3 Å². The lowest BCUT2D eigenvalue weighted by molar-refractivity contribution is -0.129. The Morgan fingerprint density at radius 2 is 1.43 bits per heavy atom. The van der Waals surface area contributed by atoms with Crippen molar-refractivity contribution in [3.63, 3.8) is 0 Å². The van der Waals surface area contributed by atoms with Crippen LogP contribution in [0.15, 0.2) is 54.6 Å². The van der Waals surface area contributed by atoms with Gasteiger partial charge in [-0.2, -0.15) is 0 Å². The van der Waals surface area contributed by atoms with Crippen molar-refractivity contribution in [3.05, 3.63) is 76.9 Å². The van der Waals surface area contributed by atoms with Crippen molar-refractivity contribution in [3.8, 4) is 34.5 Å². The average molecular weight is 578 g/mol. The van der Waals surface area contributed by atoms with Crippen LogP contribution in [0.2, 0.25) is 0 Å². The van der Waals surface area contributed by atoms with Crippen LogP contribution >= 0.6 is 0 Å². The van der Waals surface area contributed by atoms with E-state index in [1.807, 2.05) is 12.1 Å². The monoisotopic (exact) mass is 577 g/mol. The second-order valence-corrected chi connectivity index (χ2v) is 9.32. The highest BCUT2D eigenvalue weighted by molar-refractivity contribution is 5.92. The fourth-order valence-corrected chi connectivity index (χ4v) is 4.91. The van der Waals surface area contributed by atoms with Crippen molar-refractivity contribution >= 4 is 18.0 Å². The highest BCUT2D eigenvalue weighted by Crippen LogP contribution is 2.40. The van der Waals surface area contributed by atoms with E-state index >= 15 is 0 Å². The second-order valence-electron chi connectivity index (χ2n) is 9.32. The third-order valence-electron chi connectivity index (χ3n) is 7.07. The Hall–Kier alpha value is -4.86. The molecule has 0 N–H and O–H groups in total. The summed E-state index contributed by atoms with van der Waals surface area (Å²) in [4.78, 5) is 27.2. The molecule has 4 rings (SSSR count). The number of rotatable bonds is 11. The van der Waals surface area contributed by atoms with E-state index < -0.39 is 12.0 Å². The van der Waals surface area contributed by atoms with Crippen LogP contribution in [0.4, 0.5) is 0 Å². The summed E-state index contributed by atoms with van der Waals surface area (Å²) in [7, 11) is 9.11. The molecule has 10 heteroatoms. The van der Waals surface area contributed by atoms with E-state index in [4.69, 9.17) is 33.2 Å². The molecule has 1 heterocycles. The van der Waals surface area contributed by atoms with Crippen molar-refractivity contribution in [2.75, 3.05) is 55.8 Å². The van der Waals surface area contributed by atoms with Gasteiger partial charge in [0, 0.05) is 12.6 Å². The Morgan fingerprint density at radius 1 is 0.810 bits per heavy atom. The minimum atomic E-state index is -0.431. The Kier molecular flexibility index (Phi) is 9.80. The lowest BCUT2D eigenvalue weighted by Crippen LogP contribution is -2.41. The van der Waals surface area contributed by atoms with Gasteiger partial charge >= 0.3 is 5.97 Å². The number of hydrogen-bond donors (Lipinski definition) is 0. The first-order valence-corrected chi connectivity index (χ1v) is 13.2. The minimum Gasteiger partial charge on any atom is -0.493 e. The molecule has 3 aromatic carbocycles. The van der Waals surface area contributed by atoms with Crippen LogP contribution in [0.1, 0.15) is 33.1 Å². The van der Waals surface area contributed by atoms with Gasteiger partial charge in [0.15, 0.2) is 23.0 Å². The molecule has 42 heavy (non-hydrogen) atoms. The molecule has 0 saturated carbocycles. The first-order chi connectivity index (χ1) is 20.4. The average Bonchev–Trinajstić information content (AvgIpc) is 3.04. The van der Waals surface area contributed by atoms with E-state index in [-0.39, 0.29) is 12.5 Å². The number of fused-ring (bicyclic) bond motifs is 1. The largest absolute Gasteiger partial charge is 0.493 e. The zero-order valence-electron chi connectivity index (χ0n) is 24.6. The van der Waals surface area contributed by atoms with Crippen molar-refractivity contribution in [1.82, 2.24) is 4.90 Å². The Morgan fingerprint density at radius 3 is 2.00 bits per heavy atom. The van der Waals surface area contributed by atoms with Gasteiger partial charge in [-0.15, -0.1) is 0 Å². The van der Waals surface area contributed by atoms with Gasteiger partial charge in [-0.3, -0.25) is 4.79 Å². The highest BCUT2D eigenvalue weighted by atomic mass is 16.5. The Bertz CT molecular complexity index is 1420. The van der Waals surface area contributed by atoms with Gasteiger partial charge in [-0.1, -0.05) is 0 Å². The maximum absolute atomic E-state index is 13.7. The Labute approximate surface area is 245 Å². The molecule has 0 saturated heterocycles. The summed E-state index contributed by atoms with van der Waals surface area (Å²) in [5.41, 5.74) is 3.07. The van der Waals surface area contributed by atoms with Crippen LogP contribution in [0.5, 0.6) is 34.5 Å². The molecule has 0 radical (unpaired) electrons. The maximum atomic E-state index is 13.7. The number of carbonyl (C=O) groups excluding carboxylic acids is 2. The predicted octanol–water partition coefficient (Wildman–Crippen LogP) is 4.73. The van der Waals surface area contributed by atoms with Gasteiger partial charge in [0.1, 0.15) is 12.4 Å². The van der Waals surface area contributed by atoms with E-state index in [1.54, 1.807) is 61.6 Å². The fraction of sp³-hybridized carbons (Fsp3) is 0.312. The molecule has 1 aliphatic heterocycles. The SMILES string of the molecule is COC(=O)c1ccc(OC[C@H]2c3cc(OC)c(OC)cc3CCN2C(=O)/C=C/c2cc(OC)c(OC)c(OC)c2)cc1. The van der Waals surface area contributed by atoms with Gasteiger partial charge < -0.3 is 38.1 Å². The molecule has 222 valence electrons. The van der Waals surface area contributed by atoms with E-state index in [1.165, 1.54) is 34.5 Å². The third-order valence-corrected chi connectivity index (χ3v) is 7.07. The first kappa shape index (κ1) is 30.1. The molecule has 1 aliphatic rings. The molecule has 1 atom stereocenters. The lowest BCUT2D eigenvalue weighted by Gasteiger charge is -2.37. The molecular formula is C32H35NO9. The smallest absolute Gasteiger partial charge is 0.337 e. The highest BCUT2D eigenvalue weighted by Gasteiger charge is 2.32. The van der Waals surface area contributed by atoms with Crippen LogP contribution in [0, 0.1) is 0 Å². The Balaban J connectivity index is 1.64. The number of benzene rings is 3. The van der Waals surface area contributed by atoms with E-state index in [0.717, 1.165) is 11.1 Å².